The average molecular weight is 335 g/mol. The fourth-order valence-electron chi connectivity index (χ4n) is 4.44. The lowest BCUT2D eigenvalue weighted by Gasteiger charge is -2.49. The van der Waals surface area contributed by atoms with Gasteiger partial charge in [-0.15, -0.1) is 6.58 Å². The van der Waals surface area contributed by atoms with E-state index in [4.69, 9.17) is 0 Å². The predicted octanol–water partition coefficient (Wildman–Crippen LogP) is 5.19. The standard InChI is InChI=1S/C23H29NO/c1-4-20-22(19-13-9-6-10-14-19)24-21(18-11-7-5-8-12-18)16-23(20,25)15-17(2)3/h5-14,20-22,24-25H,2,4,15-16H2,1,3H3/t20-,21+,22-,23+/m0/s1. The van der Waals surface area contributed by atoms with Gasteiger partial charge in [0.2, 0.25) is 0 Å². The third-order valence-electron chi connectivity index (χ3n) is 5.44. The quantitative estimate of drug-likeness (QED) is 0.737. The van der Waals surface area contributed by atoms with Crippen LogP contribution >= 0.6 is 0 Å². The molecule has 2 heteroatoms. The number of benzene rings is 2. The Morgan fingerprint density at radius 3 is 2.16 bits per heavy atom. The molecule has 132 valence electrons. The van der Waals surface area contributed by atoms with Gasteiger partial charge in [0.1, 0.15) is 0 Å². The molecule has 25 heavy (non-hydrogen) atoms. The molecule has 1 aliphatic rings. The van der Waals surface area contributed by atoms with Gasteiger partial charge < -0.3 is 10.4 Å². The maximum Gasteiger partial charge on any atom is 0.0748 e. The highest BCUT2D eigenvalue weighted by Crippen LogP contribution is 2.47. The molecule has 2 nitrogen and oxygen atoms in total. The van der Waals surface area contributed by atoms with Gasteiger partial charge in [0.05, 0.1) is 5.60 Å². The molecule has 1 heterocycles. The van der Waals surface area contributed by atoms with Crippen molar-refractivity contribution in [3.63, 3.8) is 0 Å². The molecule has 1 fully saturated rings. The molecule has 0 unspecified atom stereocenters. The normalized spacial score (nSPS) is 29.3. The Morgan fingerprint density at radius 2 is 1.64 bits per heavy atom. The number of hydrogen-bond donors (Lipinski definition) is 2. The molecule has 0 bridgehead atoms. The van der Waals surface area contributed by atoms with Crippen LogP contribution in [0.25, 0.3) is 0 Å². The lowest BCUT2D eigenvalue weighted by Crippen LogP contribution is -2.53. The Hall–Kier alpha value is -1.90. The molecular weight excluding hydrogens is 306 g/mol. The van der Waals surface area contributed by atoms with Gasteiger partial charge >= 0.3 is 0 Å². The first-order valence-electron chi connectivity index (χ1n) is 9.26. The summed E-state index contributed by atoms with van der Waals surface area (Å²) in [6, 6.07) is 21.3. The van der Waals surface area contributed by atoms with Crippen molar-refractivity contribution in [2.45, 2.75) is 50.8 Å². The smallest absolute Gasteiger partial charge is 0.0748 e. The molecule has 2 N–H and O–H groups in total. The van der Waals surface area contributed by atoms with Crippen LogP contribution in [0.5, 0.6) is 0 Å². The SMILES string of the molecule is C=C(C)C[C@@]1(O)C[C@H](c2ccccc2)N[C@@H](c2ccccc2)[C@@H]1CC. The number of nitrogens with one attached hydrogen (secondary N) is 1. The molecule has 4 atom stereocenters. The van der Waals surface area contributed by atoms with Crippen LogP contribution in [0.4, 0.5) is 0 Å². The van der Waals surface area contributed by atoms with Gasteiger partial charge in [-0.25, -0.2) is 0 Å². The van der Waals surface area contributed by atoms with Crippen molar-refractivity contribution >= 4 is 0 Å². The summed E-state index contributed by atoms with van der Waals surface area (Å²) in [6.07, 6.45) is 2.30. The van der Waals surface area contributed by atoms with E-state index in [1.165, 1.54) is 11.1 Å². The van der Waals surface area contributed by atoms with E-state index in [2.05, 4.69) is 67.4 Å². The van der Waals surface area contributed by atoms with Crippen molar-refractivity contribution < 1.29 is 5.11 Å². The number of hydrogen-bond acceptors (Lipinski definition) is 2. The van der Waals surface area contributed by atoms with Crippen LogP contribution in [0.1, 0.15) is 56.3 Å². The van der Waals surface area contributed by atoms with Gasteiger partial charge in [-0.1, -0.05) is 73.2 Å². The topological polar surface area (TPSA) is 32.3 Å². The maximum absolute atomic E-state index is 11.7. The molecule has 0 spiro atoms. The summed E-state index contributed by atoms with van der Waals surface area (Å²) < 4.78 is 0. The van der Waals surface area contributed by atoms with Crippen molar-refractivity contribution in [2.24, 2.45) is 5.92 Å². The van der Waals surface area contributed by atoms with Gasteiger partial charge in [0, 0.05) is 18.0 Å². The third kappa shape index (κ3) is 3.86. The van der Waals surface area contributed by atoms with Gasteiger partial charge in [-0.05, 0) is 37.3 Å². The molecule has 1 saturated heterocycles. The highest BCUT2D eigenvalue weighted by Gasteiger charge is 2.47. The maximum atomic E-state index is 11.7. The first-order chi connectivity index (χ1) is 12.0. The predicted molar refractivity (Wildman–Crippen MR) is 104 cm³/mol. The van der Waals surface area contributed by atoms with E-state index in [9.17, 15) is 5.11 Å². The largest absolute Gasteiger partial charge is 0.389 e. The van der Waals surface area contributed by atoms with Crippen LogP contribution < -0.4 is 5.32 Å². The molecule has 3 rings (SSSR count). The molecule has 1 aliphatic heterocycles. The molecule has 2 aromatic carbocycles. The lowest BCUT2D eigenvalue weighted by atomic mass is 9.67. The molecule has 0 aliphatic carbocycles. The summed E-state index contributed by atoms with van der Waals surface area (Å²) in [5, 5.41) is 15.5. The van der Waals surface area contributed by atoms with Crippen LogP contribution in [-0.4, -0.2) is 10.7 Å². The summed E-state index contributed by atoms with van der Waals surface area (Å²) in [4.78, 5) is 0. The van der Waals surface area contributed by atoms with Gasteiger partial charge in [-0.2, -0.15) is 0 Å². The second-order valence-corrected chi connectivity index (χ2v) is 7.47. The molecule has 0 aromatic heterocycles. The molecule has 0 radical (unpaired) electrons. The average Bonchev–Trinajstić information content (AvgIpc) is 2.61. The van der Waals surface area contributed by atoms with E-state index in [-0.39, 0.29) is 18.0 Å². The monoisotopic (exact) mass is 335 g/mol. The Balaban J connectivity index is 2.01. The van der Waals surface area contributed by atoms with E-state index < -0.39 is 5.60 Å². The second kappa shape index (κ2) is 7.55. The Kier molecular flexibility index (Phi) is 5.41. The number of rotatable bonds is 5. The van der Waals surface area contributed by atoms with Crippen LogP contribution in [0.2, 0.25) is 0 Å². The Morgan fingerprint density at radius 1 is 1.08 bits per heavy atom. The first kappa shape index (κ1) is 17.9. The van der Waals surface area contributed by atoms with Crippen molar-refractivity contribution in [1.82, 2.24) is 5.32 Å². The van der Waals surface area contributed by atoms with Crippen LogP contribution in [-0.2, 0) is 0 Å². The molecule has 0 amide bonds. The van der Waals surface area contributed by atoms with E-state index >= 15 is 0 Å². The third-order valence-corrected chi connectivity index (χ3v) is 5.44. The van der Waals surface area contributed by atoms with E-state index in [0.717, 1.165) is 12.0 Å². The highest BCUT2D eigenvalue weighted by molar-refractivity contribution is 5.27. The zero-order valence-electron chi connectivity index (χ0n) is 15.3. The van der Waals surface area contributed by atoms with Crippen molar-refractivity contribution in [1.29, 1.82) is 0 Å². The summed E-state index contributed by atoms with van der Waals surface area (Å²) in [6.45, 7) is 8.27. The van der Waals surface area contributed by atoms with Crippen molar-refractivity contribution in [3.8, 4) is 0 Å². The Labute approximate surface area is 151 Å². The van der Waals surface area contributed by atoms with Gasteiger partial charge in [0.25, 0.3) is 0 Å². The summed E-state index contributed by atoms with van der Waals surface area (Å²) in [7, 11) is 0. The van der Waals surface area contributed by atoms with E-state index in [1.54, 1.807) is 0 Å². The zero-order chi connectivity index (χ0) is 17.9. The van der Waals surface area contributed by atoms with Crippen LogP contribution in [0, 0.1) is 5.92 Å². The van der Waals surface area contributed by atoms with Gasteiger partial charge in [-0.3, -0.25) is 0 Å². The molecular formula is C23H29NO. The zero-order valence-corrected chi connectivity index (χ0v) is 15.3. The van der Waals surface area contributed by atoms with E-state index in [0.29, 0.717) is 12.8 Å². The molecule has 0 saturated carbocycles. The Bertz CT molecular complexity index is 697. The van der Waals surface area contributed by atoms with Crippen LogP contribution in [0.15, 0.2) is 72.8 Å². The minimum Gasteiger partial charge on any atom is -0.389 e. The lowest BCUT2D eigenvalue weighted by molar-refractivity contribution is -0.0759. The highest BCUT2D eigenvalue weighted by atomic mass is 16.3. The summed E-state index contributed by atoms with van der Waals surface area (Å²) in [5.74, 6) is 0.159. The summed E-state index contributed by atoms with van der Waals surface area (Å²) >= 11 is 0. The minimum absolute atomic E-state index is 0.134. The fourth-order valence-corrected chi connectivity index (χ4v) is 4.44. The first-order valence-corrected chi connectivity index (χ1v) is 9.26. The number of piperidine rings is 1. The fraction of sp³-hybridized carbons (Fsp3) is 0.391. The molecule has 2 aromatic rings. The van der Waals surface area contributed by atoms with Crippen LogP contribution in [0.3, 0.4) is 0 Å². The minimum atomic E-state index is -0.743. The van der Waals surface area contributed by atoms with Gasteiger partial charge in [0.15, 0.2) is 0 Å². The van der Waals surface area contributed by atoms with E-state index in [1.807, 2.05) is 19.1 Å². The van der Waals surface area contributed by atoms with Crippen molar-refractivity contribution in [2.75, 3.05) is 0 Å². The summed E-state index contributed by atoms with van der Waals surface area (Å²) in [5.41, 5.74) is 2.78. The second-order valence-electron chi connectivity index (χ2n) is 7.47. The number of aliphatic hydroxyl groups is 1. The van der Waals surface area contributed by atoms with Crippen molar-refractivity contribution in [3.05, 3.63) is 83.9 Å².